The van der Waals surface area contributed by atoms with Crippen molar-refractivity contribution in [2.75, 3.05) is 5.73 Å². The minimum atomic E-state index is -2.74. The number of rotatable bonds is 2. The van der Waals surface area contributed by atoms with Crippen molar-refractivity contribution >= 4 is 17.3 Å². The van der Waals surface area contributed by atoms with Crippen LogP contribution in [0.25, 0.3) is 0 Å². The SMILES string of the molecule is N#Cc1nc(C(F)F)cc(N)c1CCl. The van der Waals surface area contributed by atoms with Crippen LogP contribution in [0.4, 0.5) is 14.5 Å². The van der Waals surface area contributed by atoms with Gasteiger partial charge in [-0.1, -0.05) is 0 Å². The van der Waals surface area contributed by atoms with E-state index in [2.05, 4.69) is 4.98 Å². The molecule has 3 nitrogen and oxygen atoms in total. The van der Waals surface area contributed by atoms with Crippen LogP contribution in [0.5, 0.6) is 0 Å². The van der Waals surface area contributed by atoms with Gasteiger partial charge in [0.05, 0.1) is 5.88 Å². The van der Waals surface area contributed by atoms with Crippen LogP contribution in [0.2, 0.25) is 0 Å². The summed E-state index contributed by atoms with van der Waals surface area (Å²) in [5.41, 5.74) is 5.15. The zero-order chi connectivity index (χ0) is 10.7. The zero-order valence-corrected chi connectivity index (χ0v) is 7.72. The Morgan fingerprint density at radius 1 is 1.64 bits per heavy atom. The highest BCUT2D eigenvalue weighted by molar-refractivity contribution is 6.17. The Bertz CT molecular complexity index is 387. The fourth-order valence-electron chi connectivity index (χ4n) is 0.957. The monoisotopic (exact) mass is 217 g/mol. The van der Waals surface area contributed by atoms with Gasteiger partial charge >= 0.3 is 0 Å². The molecule has 6 heteroatoms. The average Bonchev–Trinajstić information content (AvgIpc) is 2.16. The highest BCUT2D eigenvalue weighted by Crippen LogP contribution is 2.24. The molecular weight excluding hydrogens is 212 g/mol. The van der Waals surface area contributed by atoms with Crippen LogP contribution in [0.3, 0.4) is 0 Å². The lowest BCUT2D eigenvalue weighted by atomic mass is 10.1. The van der Waals surface area contributed by atoms with Gasteiger partial charge in [0.15, 0.2) is 0 Å². The number of alkyl halides is 3. The van der Waals surface area contributed by atoms with Crippen molar-refractivity contribution in [3.8, 4) is 6.07 Å². The van der Waals surface area contributed by atoms with Gasteiger partial charge in [0.25, 0.3) is 6.43 Å². The van der Waals surface area contributed by atoms with E-state index in [0.29, 0.717) is 5.56 Å². The predicted octanol–water partition coefficient (Wildman–Crippen LogP) is 2.21. The molecule has 0 aromatic carbocycles. The highest BCUT2D eigenvalue weighted by atomic mass is 35.5. The lowest BCUT2D eigenvalue weighted by molar-refractivity contribution is 0.146. The van der Waals surface area contributed by atoms with Crippen LogP contribution in [0.1, 0.15) is 23.4 Å². The van der Waals surface area contributed by atoms with E-state index in [-0.39, 0.29) is 17.3 Å². The molecule has 74 valence electrons. The van der Waals surface area contributed by atoms with Crippen LogP contribution in [-0.4, -0.2) is 4.98 Å². The van der Waals surface area contributed by atoms with Crippen LogP contribution >= 0.6 is 11.6 Å². The van der Waals surface area contributed by atoms with Crippen molar-refractivity contribution in [1.82, 2.24) is 4.98 Å². The fraction of sp³-hybridized carbons (Fsp3) is 0.250. The summed E-state index contributed by atoms with van der Waals surface area (Å²) in [4.78, 5) is 3.45. The molecule has 0 unspecified atom stereocenters. The molecule has 1 aromatic heterocycles. The lowest BCUT2D eigenvalue weighted by Crippen LogP contribution is -2.02. The van der Waals surface area contributed by atoms with E-state index in [9.17, 15) is 8.78 Å². The van der Waals surface area contributed by atoms with Crippen LogP contribution in [-0.2, 0) is 5.88 Å². The number of nitrogens with two attached hydrogens (primary N) is 1. The number of hydrogen-bond acceptors (Lipinski definition) is 3. The highest BCUT2D eigenvalue weighted by Gasteiger charge is 2.15. The van der Waals surface area contributed by atoms with Gasteiger partial charge in [-0.05, 0) is 6.07 Å². The van der Waals surface area contributed by atoms with Gasteiger partial charge in [0.1, 0.15) is 17.5 Å². The van der Waals surface area contributed by atoms with Gasteiger partial charge in [0.2, 0.25) is 0 Å². The van der Waals surface area contributed by atoms with E-state index in [1.54, 1.807) is 6.07 Å². The van der Waals surface area contributed by atoms with E-state index >= 15 is 0 Å². The zero-order valence-electron chi connectivity index (χ0n) is 6.97. The fourth-order valence-corrected chi connectivity index (χ4v) is 1.24. The maximum atomic E-state index is 12.2. The van der Waals surface area contributed by atoms with E-state index in [0.717, 1.165) is 6.07 Å². The molecule has 0 fully saturated rings. The third-order valence-electron chi connectivity index (χ3n) is 1.64. The van der Waals surface area contributed by atoms with Crippen molar-refractivity contribution in [2.24, 2.45) is 0 Å². The summed E-state index contributed by atoms with van der Waals surface area (Å²) in [6.07, 6.45) is -2.74. The molecule has 0 saturated heterocycles. The first kappa shape index (κ1) is 10.7. The van der Waals surface area contributed by atoms with Crippen LogP contribution < -0.4 is 5.73 Å². The normalized spacial score (nSPS) is 10.2. The Labute approximate surface area is 84.1 Å². The molecular formula is C8H6ClF2N3. The molecule has 0 aliphatic heterocycles. The molecule has 0 spiro atoms. The van der Waals surface area contributed by atoms with Gasteiger partial charge in [-0.2, -0.15) is 5.26 Å². The largest absolute Gasteiger partial charge is 0.398 e. The second kappa shape index (κ2) is 4.20. The number of nitriles is 1. The smallest absolute Gasteiger partial charge is 0.280 e. The van der Waals surface area contributed by atoms with Crippen molar-refractivity contribution in [3.05, 3.63) is 23.0 Å². The first-order chi connectivity index (χ1) is 6.60. The third-order valence-corrected chi connectivity index (χ3v) is 1.91. The van der Waals surface area contributed by atoms with Crippen molar-refractivity contribution < 1.29 is 8.78 Å². The summed E-state index contributed by atoms with van der Waals surface area (Å²) >= 11 is 5.49. The lowest BCUT2D eigenvalue weighted by Gasteiger charge is -2.06. The summed E-state index contributed by atoms with van der Waals surface area (Å²) in [5.74, 6) is -0.0226. The average molecular weight is 218 g/mol. The molecule has 0 bridgehead atoms. The Balaban J connectivity index is 3.33. The standard InChI is InChI=1S/C8H6ClF2N3/c9-2-4-5(13)1-6(8(10)11)14-7(4)3-12/h1,8H,2H2,(H2,13,14). The first-order valence-electron chi connectivity index (χ1n) is 3.63. The topological polar surface area (TPSA) is 62.7 Å². The minimum Gasteiger partial charge on any atom is -0.398 e. The van der Waals surface area contributed by atoms with Gasteiger partial charge in [-0.25, -0.2) is 13.8 Å². The minimum absolute atomic E-state index is 0.0226. The number of aromatic nitrogens is 1. The number of pyridine rings is 1. The summed E-state index contributed by atoms with van der Waals surface area (Å²) in [6.45, 7) is 0. The van der Waals surface area contributed by atoms with Crippen molar-refractivity contribution in [2.45, 2.75) is 12.3 Å². The molecule has 2 N–H and O–H groups in total. The maximum absolute atomic E-state index is 12.2. The number of nitrogens with zero attached hydrogens (tertiary/aromatic N) is 2. The van der Waals surface area contributed by atoms with Gasteiger partial charge < -0.3 is 5.73 Å². The summed E-state index contributed by atoms with van der Waals surface area (Å²) in [6, 6.07) is 2.70. The molecule has 0 aliphatic carbocycles. The molecule has 1 heterocycles. The molecule has 0 radical (unpaired) electrons. The van der Waals surface area contributed by atoms with Gasteiger partial charge in [-0.3, -0.25) is 0 Å². The van der Waals surface area contributed by atoms with E-state index in [4.69, 9.17) is 22.6 Å². The van der Waals surface area contributed by atoms with E-state index in [1.165, 1.54) is 0 Å². The molecule has 1 rings (SSSR count). The first-order valence-corrected chi connectivity index (χ1v) is 4.17. The molecule has 14 heavy (non-hydrogen) atoms. The number of halogens is 3. The van der Waals surface area contributed by atoms with Crippen molar-refractivity contribution in [3.63, 3.8) is 0 Å². The molecule has 0 saturated carbocycles. The Morgan fingerprint density at radius 3 is 2.71 bits per heavy atom. The quantitative estimate of drug-likeness (QED) is 0.773. The summed E-state index contributed by atoms with van der Waals surface area (Å²) < 4.78 is 24.5. The van der Waals surface area contributed by atoms with E-state index in [1.807, 2.05) is 0 Å². The van der Waals surface area contributed by atoms with Crippen molar-refractivity contribution in [1.29, 1.82) is 5.26 Å². The Morgan fingerprint density at radius 2 is 2.29 bits per heavy atom. The maximum Gasteiger partial charge on any atom is 0.280 e. The van der Waals surface area contributed by atoms with Gasteiger partial charge in [-0.15, -0.1) is 11.6 Å². The third kappa shape index (κ3) is 1.91. The number of nitrogen functional groups attached to an aromatic ring is 1. The van der Waals surface area contributed by atoms with Crippen LogP contribution in [0.15, 0.2) is 6.07 Å². The van der Waals surface area contributed by atoms with E-state index < -0.39 is 12.1 Å². The molecule has 1 aromatic rings. The Hall–Kier alpha value is -1.41. The second-order valence-electron chi connectivity index (χ2n) is 2.51. The van der Waals surface area contributed by atoms with Gasteiger partial charge in [0, 0.05) is 11.3 Å². The molecule has 0 aliphatic rings. The molecule has 0 amide bonds. The van der Waals surface area contributed by atoms with Crippen LogP contribution in [0, 0.1) is 11.3 Å². The second-order valence-corrected chi connectivity index (χ2v) is 2.78. The summed E-state index contributed by atoms with van der Waals surface area (Å²) in [7, 11) is 0. The number of anilines is 1. The summed E-state index contributed by atoms with van der Waals surface area (Å²) in [5, 5.41) is 8.61. The predicted molar refractivity (Wildman–Crippen MR) is 47.9 cm³/mol. The Kier molecular flexibility index (Phi) is 3.20. The molecule has 0 atom stereocenters. The number of hydrogen-bond donors (Lipinski definition) is 1.